The number of hydrogen-bond donors (Lipinski definition) is 0. The van der Waals surface area contributed by atoms with Crippen LogP contribution in [0.1, 0.15) is 11.3 Å². The summed E-state index contributed by atoms with van der Waals surface area (Å²) in [4.78, 5) is 3.63. The van der Waals surface area contributed by atoms with E-state index in [0.717, 1.165) is 6.07 Å². The Labute approximate surface area is 114 Å². The summed E-state index contributed by atoms with van der Waals surface area (Å²) in [5, 5.41) is 8.58. The van der Waals surface area contributed by atoms with Crippen LogP contribution < -0.4 is 4.74 Å². The summed E-state index contributed by atoms with van der Waals surface area (Å²) in [6, 6.07) is 3.02. The van der Waals surface area contributed by atoms with Crippen molar-refractivity contribution in [3.8, 4) is 11.9 Å². The van der Waals surface area contributed by atoms with E-state index in [2.05, 4.69) is 9.72 Å². The van der Waals surface area contributed by atoms with E-state index in [4.69, 9.17) is 16.9 Å². The van der Waals surface area contributed by atoms with Gasteiger partial charge in [0.2, 0.25) is 5.88 Å². The fraction of sp³-hybridized carbons (Fsp3) is 0.333. The van der Waals surface area contributed by atoms with Crippen molar-refractivity contribution in [1.29, 1.82) is 5.26 Å². The molecule has 8 heteroatoms. The molecule has 1 aromatic heterocycles. The fourth-order valence-corrected chi connectivity index (χ4v) is 2.10. The molecule has 1 rings (SSSR count). The molecular weight excluding hydrogens is 371 g/mol. The summed E-state index contributed by atoms with van der Waals surface area (Å²) in [5.41, 5.74) is 0.747. The maximum Gasteiger partial charge on any atom is 0.574 e. The number of hydrogen-bond acceptors (Lipinski definition) is 3. The smallest absolute Gasteiger partial charge is 0.388 e. The van der Waals surface area contributed by atoms with E-state index in [-0.39, 0.29) is 18.0 Å². The Hall–Kier alpha value is -0.750. The van der Waals surface area contributed by atoms with Crippen LogP contribution >= 0.6 is 34.2 Å². The maximum atomic E-state index is 12.0. The van der Waals surface area contributed by atoms with Crippen molar-refractivity contribution in [2.45, 2.75) is 18.7 Å². The lowest BCUT2D eigenvalue weighted by atomic mass is 10.1. The van der Waals surface area contributed by atoms with Gasteiger partial charge in [-0.1, -0.05) is 0 Å². The Kier molecular flexibility index (Phi) is 4.82. The lowest BCUT2D eigenvalue weighted by Crippen LogP contribution is -2.18. The molecule has 0 aliphatic heterocycles. The molecule has 0 saturated heterocycles. The van der Waals surface area contributed by atoms with Crippen LogP contribution in [0.4, 0.5) is 13.2 Å². The average molecular weight is 377 g/mol. The molecule has 0 aromatic carbocycles. The molecule has 0 amide bonds. The highest BCUT2D eigenvalue weighted by molar-refractivity contribution is 14.1. The quantitative estimate of drug-likeness (QED) is 0.600. The molecule has 0 aliphatic rings. The first-order valence-corrected chi connectivity index (χ1v) is 5.85. The topological polar surface area (TPSA) is 45.9 Å². The second kappa shape index (κ2) is 5.73. The maximum absolute atomic E-state index is 12.0. The highest BCUT2D eigenvalue weighted by Gasteiger charge is 2.32. The molecular formula is C9H5ClF3IN2O. The van der Waals surface area contributed by atoms with Crippen molar-refractivity contribution < 1.29 is 17.9 Å². The van der Waals surface area contributed by atoms with Gasteiger partial charge < -0.3 is 4.74 Å². The van der Waals surface area contributed by atoms with Crippen molar-refractivity contribution in [1.82, 2.24) is 4.98 Å². The van der Waals surface area contributed by atoms with Gasteiger partial charge in [-0.25, -0.2) is 4.98 Å². The van der Waals surface area contributed by atoms with E-state index >= 15 is 0 Å². The third-order valence-electron chi connectivity index (χ3n) is 1.73. The predicted octanol–water partition coefficient (Wildman–Crippen LogP) is 3.39. The normalized spacial score (nSPS) is 11.1. The number of halogens is 5. The lowest BCUT2D eigenvalue weighted by molar-refractivity contribution is -0.276. The van der Waals surface area contributed by atoms with Crippen molar-refractivity contribution >= 4 is 34.2 Å². The summed E-state index contributed by atoms with van der Waals surface area (Å²) < 4.78 is 40.2. The van der Waals surface area contributed by atoms with Crippen LogP contribution in [-0.2, 0) is 12.3 Å². The fourth-order valence-electron chi connectivity index (χ4n) is 1.11. The van der Waals surface area contributed by atoms with Gasteiger partial charge >= 0.3 is 6.36 Å². The Bertz CT molecular complexity index is 459. The van der Waals surface area contributed by atoms with Crippen molar-refractivity contribution in [3.05, 3.63) is 20.9 Å². The molecule has 1 aromatic rings. The molecule has 0 saturated carbocycles. The molecule has 92 valence electrons. The number of nitrogens with zero attached hydrogens (tertiary/aromatic N) is 2. The summed E-state index contributed by atoms with van der Waals surface area (Å²) in [6.07, 6.45) is -4.75. The van der Waals surface area contributed by atoms with E-state index in [9.17, 15) is 13.2 Å². The number of nitriles is 1. The zero-order valence-corrected chi connectivity index (χ0v) is 11.1. The molecule has 0 fully saturated rings. The minimum Gasteiger partial charge on any atom is -0.388 e. The van der Waals surface area contributed by atoms with Crippen molar-refractivity contribution in [3.63, 3.8) is 0 Å². The minimum atomic E-state index is -4.80. The van der Waals surface area contributed by atoms with Crippen molar-refractivity contribution in [2.75, 3.05) is 0 Å². The number of alkyl halides is 4. The van der Waals surface area contributed by atoms with Gasteiger partial charge in [-0.3, -0.25) is 0 Å². The van der Waals surface area contributed by atoms with Crippen LogP contribution in [0.2, 0.25) is 0 Å². The first-order valence-electron chi connectivity index (χ1n) is 4.24. The Morgan fingerprint density at radius 1 is 1.53 bits per heavy atom. The molecule has 3 nitrogen and oxygen atoms in total. The largest absolute Gasteiger partial charge is 0.574 e. The Morgan fingerprint density at radius 2 is 2.18 bits per heavy atom. The number of ether oxygens (including phenoxy) is 1. The van der Waals surface area contributed by atoms with Gasteiger partial charge in [0.25, 0.3) is 0 Å². The molecule has 0 atom stereocenters. The molecule has 0 aliphatic carbocycles. The molecule has 1 heterocycles. The van der Waals surface area contributed by atoms with E-state index in [1.165, 1.54) is 0 Å². The number of aromatic nitrogens is 1. The standard InChI is InChI=1S/C9H5ClF3IN2O/c10-4-7-5(1-2-15)6(14)3-8(16-7)17-9(11,12)13/h3H,1,4H2. The summed E-state index contributed by atoms with van der Waals surface area (Å²) in [5.74, 6) is -0.651. The van der Waals surface area contributed by atoms with Gasteiger partial charge in [0.1, 0.15) is 0 Å². The molecule has 0 spiro atoms. The third kappa shape index (κ3) is 4.20. The average Bonchev–Trinajstić information content (AvgIpc) is 2.19. The van der Waals surface area contributed by atoms with Crippen molar-refractivity contribution in [2.24, 2.45) is 0 Å². The number of rotatable bonds is 3. The molecule has 0 radical (unpaired) electrons. The monoisotopic (exact) mass is 376 g/mol. The second-order valence-electron chi connectivity index (χ2n) is 2.88. The van der Waals surface area contributed by atoms with E-state index in [0.29, 0.717) is 9.13 Å². The minimum absolute atomic E-state index is 0.0413. The van der Waals surface area contributed by atoms with Crippen LogP contribution in [0.25, 0.3) is 0 Å². The van der Waals surface area contributed by atoms with Gasteiger partial charge in [0, 0.05) is 15.2 Å². The molecule has 17 heavy (non-hydrogen) atoms. The van der Waals surface area contributed by atoms with Gasteiger partial charge in [0.15, 0.2) is 0 Å². The zero-order chi connectivity index (χ0) is 13.1. The predicted molar refractivity (Wildman–Crippen MR) is 62.5 cm³/mol. The highest BCUT2D eigenvalue weighted by Crippen LogP contribution is 2.26. The Morgan fingerprint density at radius 3 is 2.65 bits per heavy atom. The van der Waals surface area contributed by atoms with E-state index < -0.39 is 12.2 Å². The zero-order valence-electron chi connectivity index (χ0n) is 8.18. The second-order valence-corrected chi connectivity index (χ2v) is 4.31. The first-order chi connectivity index (χ1) is 7.87. The van der Waals surface area contributed by atoms with E-state index in [1.54, 1.807) is 0 Å². The highest BCUT2D eigenvalue weighted by atomic mass is 127. The van der Waals surface area contributed by atoms with Gasteiger partial charge in [-0.2, -0.15) is 5.26 Å². The van der Waals surface area contributed by atoms with Crippen LogP contribution in [0, 0.1) is 14.9 Å². The van der Waals surface area contributed by atoms with Crippen LogP contribution in [0.3, 0.4) is 0 Å². The first kappa shape index (κ1) is 14.3. The summed E-state index contributed by atoms with van der Waals surface area (Å²) >= 11 is 7.38. The SMILES string of the molecule is N#CCc1c(I)cc(OC(F)(F)F)nc1CCl. The molecule has 0 unspecified atom stereocenters. The van der Waals surface area contributed by atoms with Crippen LogP contribution in [0.5, 0.6) is 5.88 Å². The van der Waals surface area contributed by atoms with Crippen LogP contribution in [-0.4, -0.2) is 11.3 Å². The van der Waals surface area contributed by atoms with Gasteiger partial charge in [-0.15, -0.1) is 24.8 Å². The van der Waals surface area contributed by atoms with Gasteiger partial charge in [-0.05, 0) is 22.6 Å². The van der Waals surface area contributed by atoms with E-state index in [1.807, 2.05) is 28.7 Å². The third-order valence-corrected chi connectivity index (χ3v) is 2.95. The van der Waals surface area contributed by atoms with Gasteiger partial charge in [0.05, 0.1) is 24.1 Å². The molecule has 0 N–H and O–H groups in total. The van der Waals surface area contributed by atoms with Crippen LogP contribution in [0.15, 0.2) is 6.07 Å². The Balaban J connectivity index is 3.14. The number of pyridine rings is 1. The summed E-state index contributed by atoms with van der Waals surface area (Å²) in [6.45, 7) is 0. The lowest BCUT2D eigenvalue weighted by Gasteiger charge is -2.11. The summed E-state index contributed by atoms with van der Waals surface area (Å²) in [7, 11) is 0. The molecule has 0 bridgehead atoms.